The Kier molecular flexibility index (Phi) is 6.75. The second-order valence-corrected chi connectivity index (χ2v) is 9.66. The predicted molar refractivity (Wildman–Crippen MR) is 129 cm³/mol. The first-order chi connectivity index (χ1) is 16.1. The molecule has 176 valence electrons. The van der Waals surface area contributed by atoms with Crippen molar-refractivity contribution in [1.29, 1.82) is 0 Å². The predicted octanol–water partition coefficient (Wildman–Crippen LogP) is 2.32. The van der Waals surface area contributed by atoms with Crippen LogP contribution in [0.3, 0.4) is 0 Å². The average Bonchev–Trinajstić information content (AvgIpc) is 3.58. The zero-order valence-corrected chi connectivity index (χ0v) is 19.6. The minimum absolute atomic E-state index is 0.126. The van der Waals surface area contributed by atoms with E-state index < -0.39 is 6.10 Å². The van der Waals surface area contributed by atoms with E-state index in [1.54, 1.807) is 7.11 Å². The number of fused-ring (bicyclic) bond motifs is 1. The number of nitrogens with one attached hydrogen (secondary N) is 1. The topological polar surface area (TPSA) is 90.9 Å². The van der Waals surface area contributed by atoms with Crippen LogP contribution >= 0.6 is 11.3 Å². The maximum absolute atomic E-state index is 13.1. The molecule has 0 spiro atoms. The highest BCUT2D eigenvalue weighted by atomic mass is 32.1. The highest BCUT2D eigenvalue weighted by Crippen LogP contribution is 2.33. The molecule has 33 heavy (non-hydrogen) atoms. The SMILES string of the molecule is COc1cccc(-c2csc3nc(CN(CC(O)CN4CCOCC4)C4CC4)[nH]c(=O)c23)c1. The van der Waals surface area contributed by atoms with Crippen molar-refractivity contribution in [1.82, 2.24) is 19.8 Å². The molecule has 1 aliphatic heterocycles. The Hall–Kier alpha value is -2.30. The fourth-order valence-electron chi connectivity index (χ4n) is 4.46. The molecule has 1 aliphatic carbocycles. The molecule has 8 nitrogen and oxygen atoms in total. The molecule has 9 heteroatoms. The summed E-state index contributed by atoms with van der Waals surface area (Å²) in [4.78, 5) is 26.1. The number of methoxy groups -OCH3 is 1. The first-order valence-electron chi connectivity index (χ1n) is 11.5. The zero-order valence-electron chi connectivity index (χ0n) is 18.8. The zero-order chi connectivity index (χ0) is 22.8. The molecule has 2 aromatic heterocycles. The number of aromatic nitrogens is 2. The Bertz CT molecular complexity index is 1150. The molecule has 5 rings (SSSR count). The van der Waals surface area contributed by atoms with E-state index in [1.807, 2.05) is 29.6 Å². The average molecular weight is 471 g/mol. The van der Waals surface area contributed by atoms with Crippen molar-refractivity contribution in [3.05, 3.63) is 45.8 Å². The lowest BCUT2D eigenvalue weighted by Gasteiger charge is -2.31. The van der Waals surface area contributed by atoms with E-state index >= 15 is 0 Å². The van der Waals surface area contributed by atoms with Gasteiger partial charge in [-0.05, 0) is 30.5 Å². The van der Waals surface area contributed by atoms with Crippen LogP contribution in [-0.2, 0) is 11.3 Å². The Morgan fingerprint density at radius 1 is 1.36 bits per heavy atom. The number of thiophene rings is 1. The number of aliphatic hydroxyl groups excluding tert-OH is 1. The normalized spacial score (nSPS) is 18.2. The maximum atomic E-state index is 13.1. The number of rotatable bonds is 9. The number of aliphatic hydroxyl groups is 1. The number of β-amino-alcohol motifs (C(OH)–C–C–N with tert-alkyl or cyclic N) is 1. The second kappa shape index (κ2) is 9.90. The summed E-state index contributed by atoms with van der Waals surface area (Å²) in [5, 5.41) is 13.3. The lowest BCUT2D eigenvalue weighted by atomic mass is 10.1. The number of ether oxygens (including phenoxy) is 2. The van der Waals surface area contributed by atoms with E-state index in [4.69, 9.17) is 14.5 Å². The third-order valence-electron chi connectivity index (χ3n) is 6.31. The second-order valence-electron chi connectivity index (χ2n) is 8.80. The standard InChI is InChI=1S/C24H30N4O4S/c1-31-19-4-2-3-16(11-19)20-15-33-24-22(20)23(30)25-21(26-24)14-28(17-5-6-17)13-18(29)12-27-7-9-32-10-8-27/h2-4,11,15,17-18,29H,5-10,12-14H2,1H3,(H,25,26,30). The van der Waals surface area contributed by atoms with Gasteiger partial charge >= 0.3 is 0 Å². The Labute approximate surface area is 196 Å². The van der Waals surface area contributed by atoms with Gasteiger partial charge in [0.1, 0.15) is 16.4 Å². The van der Waals surface area contributed by atoms with Gasteiger partial charge in [-0.15, -0.1) is 11.3 Å². The summed E-state index contributed by atoms with van der Waals surface area (Å²) in [6, 6.07) is 8.16. The van der Waals surface area contributed by atoms with Crippen molar-refractivity contribution in [2.45, 2.75) is 31.5 Å². The van der Waals surface area contributed by atoms with Crippen LogP contribution < -0.4 is 10.3 Å². The summed E-state index contributed by atoms with van der Waals surface area (Å²) in [5.74, 6) is 1.40. The van der Waals surface area contributed by atoms with E-state index in [1.165, 1.54) is 11.3 Å². The van der Waals surface area contributed by atoms with Gasteiger partial charge < -0.3 is 19.6 Å². The number of nitrogens with zero attached hydrogens (tertiary/aromatic N) is 3. The molecular formula is C24H30N4O4S. The molecule has 2 N–H and O–H groups in total. The quantitative estimate of drug-likeness (QED) is 0.496. The maximum Gasteiger partial charge on any atom is 0.260 e. The number of aromatic amines is 1. The Balaban J connectivity index is 1.33. The monoisotopic (exact) mass is 470 g/mol. The summed E-state index contributed by atoms with van der Waals surface area (Å²) < 4.78 is 10.7. The van der Waals surface area contributed by atoms with Gasteiger partial charge in [0.2, 0.25) is 0 Å². The van der Waals surface area contributed by atoms with E-state index in [2.05, 4.69) is 14.8 Å². The molecule has 3 heterocycles. The first kappa shape index (κ1) is 22.5. The van der Waals surface area contributed by atoms with Crippen LogP contribution in [0.1, 0.15) is 18.7 Å². The van der Waals surface area contributed by atoms with Crippen LogP contribution in [0.25, 0.3) is 21.3 Å². The highest BCUT2D eigenvalue weighted by molar-refractivity contribution is 7.17. The van der Waals surface area contributed by atoms with Crippen LogP contribution in [0.4, 0.5) is 0 Å². The molecule has 2 fully saturated rings. The van der Waals surface area contributed by atoms with Crippen LogP contribution in [-0.4, -0.2) is 83.5 Å². The third kappa shape index (κ3) is 5.28. The number of hydrogen-bond acceptors (Lipinski definition) is 8. The van der Waals surface area contributed by atoms with Crippen LogP contribution in [0.2, 0.25) is 0 Å². The number of H-pyrrole nitrogens is 1. The number of benzene rings is 1. The van der Waals surface area contributed by atoms with Crippen molar-refractivity contribution < 1.29 is 14.6 Å². The Morgan fingerprint density at radius 2 is 2.18 bits per heavy atom. The molecule has 1 aromatic carbocycles. The van der Waals surface area contributed by atoms with Crippen LogP contribution in [0.15, 0.2) is 34.4 Å². The fraction of sp³-hybridized carbons (Fsp3) is 0.500. The van der Waals surface area contributed by atoms with Gasteiger partial charge in [0, 0.05) is 43.2 Å². The smallest absolute Gasteiger partial charge is 0.260 e. The van der Waals surface area contributed by atoms with E-state index in [0.717, 1.165) is 60.9 Å². The lowest BCUT2D eigenvalue weighted by Crippen LogP contribution is -2.45. The van der Waals surface area contributed by atoms with Crippen molar-refractivity contribution in [2.24, 2.45) is 0 Å². The lowest BCUT2D eigenvalue weighted by molar-refractivity contribution is 0.00532. The summed E-state index contributed by atoms with van der Waals surface area (Å²) >= 11 is 1.48. The minimum atomic E-state index is -0.444. The third-order valence-corrected chi connectivity index (χ3v) is 7.18. The number of hydrogen-bond donors (Lipinski definition) is 2. The Morgan fingerprint density at radius 3 is 2.94 bits per heavy atom. The molecule has 1 saturated heterocycles. The van der Waals surface area contributed by atoms with Gasteiger partial charge in [0.05, 0.1) is 38.4 Å². The van der Waals surface area contributed by atoms with Gasteiger partial charge in [-0.3, -0.25) is 14.6 Å². The van der Waals surface area contributed by atoms with E-state index in [-0.39, 0.29) is 5.56 Å². The molecule has 0 amide bonds. The van der Waals surface area contributed by atoms with E-state index in [9.17, 15) is 9.90 Å². The first-order valence-corrected chi connectivity index (χ1v) is 12.4. The van der Waals surface area contributed by atoms with Gasteiger partial charge in [0.15, 0.2) is 0 Å². The molecule has 1 atom stereocenters. The molecule has 1 unspecified atom stereocenters. The van der Waals surface area contributed by atoms with Gasteiger partial charge in [-0.1, -0.05) is 12.1 Å². The van der Waals surface area contributed by atoms with Crippen molar-refractivity contribution >= 4 is 21.6 Å². The molecular weight excluding hydrogens is 440 g/mol. The fourth-order valence-corrected chi connectivity index (χ4v) is 5.42. The summed E-state index contributed by atoms with van der Waals surface area (Å²) in [6.45, 7) is 4.92. The van der Waals surface area contributed by atoms with Gasteiger partial charge in [-0.25, -0.2) is 4.98 Å². The van der Waals surface area contributed by atoms with Crippen molar-refractivity contribution in [2.75, 3.05) is 46.5 Å². The van der Waals surface area contributed by atoms with Gasteiger partial charge in [0.25, 0.3) is 5.56 Å². The molecule has 3 aromatic rings. The summed E-state index contributed by atoms with van der Waals surface area (Å²) in [7, 11) is 1.63. The van der Waals surface area contributed by atoms with Crippen molar-refractivity contribution in [3.63, 3.8) is 0 Å². The largest absolute Gasteiger partial charge is 0.497 e. The molecule has 0 bridgehead atoms. The van der Waals surface area contributed by atoms with Crippen LogP contribution in [0.5, 0.6) is 5.75 Å². The summed E-state index contributed by atoms with van der Waals surface area (Å²) in [5.41, 5.74) is 1.68. The number of morpholine rings is 1. The minimum Gasteiger partial charge on any atom is -0.497 e. The molecule has 0 radical (unpaired) electrons. The molecule has 1 saturated carbocycles. The van der Waals surface area contributed by atoms with Crippen molar-refractivity contribution in [3.8, 4) is 16.9 Å². The van der Waals surface area contributed by atoms with Crippen LogP contribution in [0, 0.1) is 0 Å². The molecule has 2 aliphatic rings. The van der Waals surface area contributed by atoms with E-state index in [0.29, 0.717) is 36.9 Å². The highest BCUT2D eigenvalue weighted by Gasteiger charge is 2.31. The van der Waals surface area contributed by atoms with Gasteiger partial charge in [-0.2, -0.15) is 0 Å². The summed E-state index contributed by atoms with van der Waals surface area (Å²) in [6.07, 6.45) is 1.80.